The zero-order valence-electron chi connectivity index (χ0n) is 18.7. The third-order valence-electron chi connectivity index (χ3n) is 4.57. The highest BCUT2D eigenvalue weighted by Gasteiger charge is 2.07. The summed E-state index contributed by atoms with van der Waals surface area (Å²) < 4.78 is 11.1. The molecule has 0 aliphatic heterocycles. The lowest BCUT2D eigenvalue weighted by atomic mass is 10.2. The molecule has 2 amide bonds. The summed E-state index contributed by atoms with van der Waals surface area (Å²) in [5, 5.41) is 6.76. The van der Waals surface area contributed by atoms with Gasteiger partial charge in [-0.25, -0.2) is 5.43 Å². The van der Waals surface area contributed by atoms with Crippen LogP contribution in [0.5, 0.6) is 11.5 Å². The summed E-state index contributed by atoms with van der Waals surface area (Å²) in [6, 6.07) is 24.4. The summed E-state index contributed by atoms with van der Waals surface area (Å²) in [6.07, 6.45) is 0.0470. The molecule has 0 heterocycles. The lowest BCUT2D eigenvalue weighted by Gasteiger charge is -2.09. The van der Waals surface area contributed by atoms with Gasteiger partial charge in [-0.3, -0.25) is 9.59 Å². The third-order valence-corrected chi connectivity index (χ3v) is 4.57. The number of hydrazone groups is 1. The second kappa shape index (κ2) is 12.0. The minimum Gasteiger partial charge on any atom is -0.489 e. The summed E-state index contributed by atoms with van der Waals surface area (Å²) in [5.41, 5.74) is 5.71. The maximum atomic E-state index is 12.2. The zero-order valence-corrected chi connectivity index (χ0v) is 18.7. The van der Waals surface area contributed by atoms with Crippen LogP contribution in [0.2, 0.25) is 0 Å². The van der Waals surface area contributed by atoms with E-state index in [1.165, 1.54) is 0 Å². The molecule has 0 aliphatic rings. The Balaban J connectivity index is 1.38. The third kappa shape index (κ3) is 8.49. The molecule has 0 atom stereocenters. The van der Waals surface area contributed by atoms with Gasteiger partial charge in [0.05, 0.1) is 6.42 Å². The van der Waals surface area contributed by atoms with E-state index in [9.17, 15) is 9.59 Å². The van der Waals surface area contributed by atoms with Crippen molar-refractivity contribution in [1.29, 1.82) is 0 Å². The number of carbonyl (C=O) groups is 2. The normalized spacial score (nSPS) is 10.9. The summed E-state index contributed by atoms with van der Waals surface area (Å²) >= 11 is 0. The molecule has 0 bridgehead atoms. The summed E-state index contributed by atoms with van der Waals surface area (Å²) in [5.74, 6) is 0.679. The van der Waals surface area contributed by atoms with Crippen molar-refractivity contribution in [3.8, 4) is 11.5 Å². The van der Waals surface area contributed by atoms with Crippen molar-refractivity contribution in [2.75, 3.05) is 11.9 Å². The van der Waals surface area contributed by atoms with Crippen molar-refractivity contribution in [3.63, 3.8) is 0 Å². The predicted octanol–water partition coefficient (Wildman–Crippen LogP) is 4.47. The fourth-order valence-corrected chi connectivity index (χ4v) is 2.83. The molecule has 0 unspecified atom stereocenters. The maximum absolute atomic E-state index is 12.2. The predicted molar refractivity (Wildman–Crippen MR) is 128 cm³/mol. The molecule has 2 N–H and O–H groups in total. The van der Waals surface area contributed by atoms with Crippen LogP contribution in [-0.4, -0.2) is 24.1 Å². The fourth-order valence-electron chi connectivity index (χ4n) is 2.83. The van der Waals surface area contributed by atoms with Crippen molar-refractivity contribution >= 4 is 23.2 Å². The van der Waals surface area contributed by atoms with Crippen LogP contribution in [0.15, 0.2) is 84.0 Å². The number of amides is 2. The minimum absolute atomic E-state index is 0.0470. The molecular formula is C26H27N3O4. The Morgan fingerprint density at radius 2 is 1.45 bits per heavy atom. The number of anilines is 1. The van der Waals surface area contributed by atoms with Gasteiger partial charge in [-0.15, -0.1) is 0 Å². The van der Waals surface area contributed by atoms with E-state index < -0.39 is 5.91 Å². The number of hydrogen-bond donors (Lipinski definition) is 2. The smallest absolute Gasteiger partial charge is 0.277 e. The van der Waals surface area contributed by atoms with Crippen LogP contribution in [-0.2, 0) is 16.2 Å². The average Bonchev–Trinajstić information content (AvgIpc) is 2.82. The van der Waals surface area contributed by atoms with Crippen molar-refractivity contribution in [2.45, 2.75) is 26.9 Å². The first-order valence-corrected chi connectivity index (χ1v) is 10.6. The molecule has 0 saturated heterocycles. The van der Waals surface area contributed by atoms with Crippen LogP contribution in [0.1, 0.15) is 24.5 Å². The van der Waals surface area contributed by atoms with Gasteiger partial charge in [-0.1, -0.05) is 48.0 Å². The maximum Gasteiger partial charge on any atom is 0.277 e. The second-order valence-corrected chi connectivity index (χ2v) is 7.51. The molecule has 0 aliphatic carbocycles. The van der Waals surface area contributed by atoms with E-state index in [-0.39, 0.29) is 18.9 Å². The first-order valence-electron chi connectivity index (χ1n) is 10.6. The molecule has 7 nitrogen and oxygen atoms in total. The Bertz CT molecular complexity index is 1080. The Morgan fingerprint density at radius 3 is 2.15 bits per heavy atom. The number of hydrogen-bond acceptors (Lipinski definition) is 5. The van der Waals surface area contributed by atoms with E-state index in [0.29, 0.717) is 29.5 Å². The van der Waals surface area contributed by atoms with Crippen molar-refractivity contribution < 1.29 is 19.1 Å². The second-order valence-electron chi connectivity index (χ2n) is 7.51. The van der Waals surface area contributed by atoms with Gasteiger partial charge in [0.1, 0.15) is 18.1 Å². The van der Waals surface area contributed by atoms with Crippen LogP contribution in [0.25, 0.3) is 0 Å². The fraction of sp³-hybridized carbons (Fsp3) is 0.192. The molecule has 0 saturated carbocycles. The molecular weight excluding hydrogens is 418 g/mol. The molecule has 0 fully saturated rings. The quantitative estimate of drug-likeness (QED) is 0.356. The first kappa shape index (κ1) is 23.5. The number of carbonyl (C=O) groups excluding carboxylic acids is 2. The molecule has 0 spiro atoms. The first-order chi connectivity index (χ1) is 16.0. The molecule has 3 aromatic rings. The Hall–Kier alpha value is -4.13. The molecule has 0 aromatic heterocycles. The van der Waals surface area contributed by atoms with E-state index in [0.717, 1.165) is 11.1 Å². The van der Waals surface area contributed by atoms with E-state index in [4.69, 9.17) is 9.47 Å². The van der Waals surface area contributed by atoms with Gasteiger partial charge in [0.25, 0.3) is 5.91 Å². The Labute approximate surface area is 193 Å². The Morgan fingerprint density at radius 1 is 0.818 bits per heavy atom. The van der Waals surface area contributed by atoms with Crippen molar-refractivity contribution in [3.05, 3.63) is 90.0 Å². The minimum atomic E-state index is -0.401. The van der Waals surface area contributed by atoms with E-state index in [2.05, 4.69) is 15.8 Å². The lowest BCUT2D eigenvalue weighted by Crippen LogP contribution is -2.26. The number of ether oxygens (including phenoxy) is 2. The summed E-state index contributed by atoms with van der Waals surface area (Å²) in [4.78, 5) is 24.1. The summed E-state index contributed by atoms with van der Waals surface area (Å²) in [6.45, 7) is 3.96. The van der Waals surface area contributed by atoms with Gasteiger partial charge >= 0.3 is 0 Å². The van der Waals surface area contributed by atoms with Crippen LogP contribution >= 0.6 is 0 Å². The number of nitrogens with zero attached hydrogens (tertiary/aromatic N) is 1. The molecule has 3 aromatic carbocycles. The van der Waals surface area contributed by atoms with Gasteiger partial charge in [-0.2, -0.15) is 5.10 Å². The monoisotopic (exact) mass is 445 g/mol. The highest BCUT2D eigenvalue weighted by Crippen LogP contribution is 2.17. The Kier molecular flexibility index (Phi) is 8.59. The van der Waals surface area contributed by atoms with E-state index in [1.54, 1.807) is 43.3 Å². The van der Waals surface area contributed by atoms with E-state index in [1.807, 2.05) is 49.4 Å². The molecule has 33 heavy (non-hydrogen) atoms. The van der Waals surface area contributed by atoms with Crippen LogP contribution in [0.3, 0.4) is 0 Å². The molecule has 7 heteroatoms. The zero-order chi connectivity index (χ0) is 23.5. The van der Waals surface area contributed by atoms with Crippen molar-refractivity contribution in [1.82, 2.24) is 5.43 Å². The van der Waals surface area contributed by atoms with Gasteiger partial charge in [0.2, 0.25) is 5.91 Å². The number of benzene rings is 3. The highest BCUT2D eigenvalue weighted by molar-refractivity contribution is 6.05. The lowest BCUT2D eigenvalue weighted by molar-refractivity contribution is -0.123. The van der Waals surface area contributed by atoms with Gasteiger partial charge in [-0.05, 0) is 55.8 Å². The largest absolute Gasteiger partial charge is 0.489 e. The number of aryl methyl sites for hydroxylation is 1. The van der Waals surface area contributed by atoms with E-state index >= 15 is 0 Å². The summed E-state index contributed by atoms with van der Waals surface area (Å²) in [7, 11) is 0. The van der Waals surface area contributed by atoms with Crippen molar-refractivity contribution in [2.24, 2.45) is 5.10 Å². The number of rotatable bonds is 10. The van der Waals surface area contributed by atoms with Gasteiger partial charge in [0.15, 0.2) is 6.61 Å². The van der Waals surface area contributed by atoms with Gasteiger partial charge < -0.3 is 14.8 Å². The highest BCUT2D eigenvalue weighted by atomic mass is 16.5. The SMILES string of the molecule is C/C(CC(=O)Nc1ccc(OCc2ccccc2)cc1)=N\NC(=O)COc1ccc(C)cc1. The van der Waals surface area contributed by atoms with Gasteiger partial charge in [0, 0.05) is 11.4 Å². The number of nitrogens with one attached hydrogen (secondary N) is 2. The van der Waals surface area contributed by atoms with Crippen LogP contribution < -0.4 is 20.2 Å². The molecule has 3 rings (SSSR count). The molecule has 0 radical (unpaired) electrons. The molecule has 170 valence electrons. The van der Waals surface area contributed by atoms with Crippen LogP contribution in [0, 0.1) is 6.92 Å². The average molecular weight is 446 g/mol. The standard InChI is InChI=1S/C26H27N3O4/c1-19-8-12-23(13-9-19)33-18-26(31)29-28-20(2)16-25(30)27-22-10-14-24(15-11-22)32-17-21-6-4-3-5-7-21/h3-15H,16-18H2,1-2H3,(H,27,30)(H,29,31)/b28-20+. The topological polar surface area (TPSA) is 89.0 Å². The van der Waals surface area contributed by atoms with Crippen LogP contribution in [0.4, 0.5) is 5.69 Å².